The Hall–Kier alpha value is -1.92. The van der Waals surface area contributed by atoms with Gasteiger partial charge in [-0.15, -0.1) is 0 Å². The largest absolute Gasteiger partial charge is 0.493 e. The van der Waals surface area contributed by atoms with Crippen LogP contribution in [0.15, 0.2) is 12.1 Å². The van der Waals surface area contributed by atoms with Crippen molar-refractivity contribution in [2.24, 2.45) is 0 Å². The van der Waals surface area contributed by atoms with Gasteiger partial charge in [-0.25, -0.2) is 0 Å². The van der Waals surface area contributed by atoms with Gasteiger partial charge in [0.1, 0.15) is 0 Å². The molecule has 21 heavy (non-hydrogen) atoms. The number of methoxy groups -OCH3 is 3. The maximum absolute atomic E-state index is 12.1. The first kappa shape index (κ1) is 17.1. The highest BCUT2D eigenvalue weighted by molar-refractivity contribution is 5.97. The smallest absolute Gasteiger partial charge is 0.389 e. The van der Waals surface area contributed by atoms with E-state index in [4.69, 9.17) is 14.2 Å². The molecule has 7 heteroatoms. The molecular formula is C14H17F3O4. The molecule has 0 heterocycles. The lowest BCUT2D eigenvalue weighted by Crippen LogP contribution is -2.09. The second kappa shape index (κ2) is 7.19. The Kier molecular flexibility index (Phi) is 5.87. The van der Waals surface area contributed by atoms with Crippen molar-refractivity contribution in [2.45, 2.75) is 25.4 Å². The van der Waals surface area contributed by atoms with Gasteiger partial charge < -0.3 is 14.2 Å². The van der Waals surface area contributed by atoms with Gasteiger partial charge in [0.05, 0.1) is 21.3 Å². The van der Waals surface area contributed by atoms with E-state index in [1.54, 1.807) is 0 Å². The van der Waals surface area contributed by atoms with E-state index >= 15 is 0 Å². The zero-order valence-electron chi connectivity index (χ0n) is 12.0. The van der Waals surface area contributed by atoms with E-state index in [9.17, 15) is 18.0 Å². The molecule has 0 radical (unpaired) electrons. The Labute approximate surface area is 120 Å². The number of rotatable bonds is 7. The molecule has 1 rings (SSSR count). The average molecular weight is 306 g/mol. The molecule has 0 aliphatic carbocycles. The molecule has 1 aromatic carbocycles. The quantitative estimate of drug-likeness (QED) is 0.722. The van der Waals surface area contributed by atoms with Crippen LogP contribution in [-0.4, -0.2) is 33.3 Å². The lowest BCUT2D eigenvalue weighted by Gasteiger charge is -2.13. The number of alkyl halides is 3. The Bertz CT molecular complexity index is 472. The molecule has 0 bridgehead atoms. The summed E-state index contributed by atoms with van der Waals surface area (Å²) >= 11 is 0. The van der Waals surface area contributed by atoms with Crippen molar-refractivity contribution in [2.75, 3.05) is 21.3 Å². The minimum atomic E-state index is -4.25. The minimum Gasteiger partial charge on any atom is -0.493 e. The van der Waals surface area contributed by atoms with E-state index in [1.165, 1.54) is 33.5 Å². The molecule has 0 aliphatic heterocycles. The zero-order valence-corrected chi connectivity index (χ0v) is 12.0. The number of hydrogen-bond donors (Lipinski definition) is 0. The highest BCUT2D eigenvalue weighted by Crippen LogP contribution is 2.38. The number of ether oxygens (including phenoxy) is 3. The van der Waals surface area contributed by atoms with Crippen LogP contribution in [-0.2, 0) is 0 Å². The van der Waals surface area contributed by atoms with Crippen LogP contribution in [0.1, 0.15) is 29.6 Å². The van der Waals surface area contributed by atoms with Crippen molar-refractivity contribution in [3.8, 4) is 17.2 Å². The van der Waals surface area contributed by atoms with Crippen LogP contribution < -0.4 is 14.2 Å². The molecule has 0 fully saturated rings. The molecule has 4 nitrogen and oxygen atoms in total. The highest BCUT2D eigenvalue weighted by Gasteiger charge is 2.27. The van der Waals surface area contributed by atoms with Gasteiger partial charge in [0.15, 0.2) is 17.3 Å². The lowest BCUT2D eigenvalue weighted by molar-refractivity contribution is -0.135. The van der Waals surface area contributed by atoms with E-state index in [0.29, 0.717) is 5.75 Å². The summed E-state index contributed by atoms with van der Waals surface area (Å²) in [6.45, 7) is 0. The molecule has 0 spiro atoms. The predicted octanol–water partition coefficient (Wildman–Crippen LogP) is 3.63. The molecule has 0 aliphatic rings. The summed E-state index contributed by atoms with van der Waals surface area (Å²) in [5, 5.41) is 0. The Morgan fingerprint density at radius 1 is 1.05 bits per heavy atom. The van der Waals surface area contributed by atoms with Gasteiger partial charge in [-0.3, -0.25) is 4.79 Å². The lowest BCUT2D eigenvalue weighted by atomic mass is 10.0. The number of carbonyl (C=O) groups excluding carboxylic acids is 1. The van der Waals surface area contributed by atoms with Crippen LogP contribution in [0.5, 0.6) is 17.2 Å². The fraction of sp³-hybridized carbons (Fsp3) is 0.500. The first-order valence-electron chi connectivity index (χ1n) is 6.22. The first-order valence-corrected chi connectivity index (χ1v) is 6.22. The van der Waals surface area contributed by atoms with Crippen molar-refractivity contribution < 1.29 is 32.2 Å². The van der Waals surface area contributed by atoms with E-state index in [-0.39, 0.29) is 29.9 Å². The molecule has 0 saturated carbocycles. The Morgan fingerprint density at radius 2 is 1.57 bits per heavy atom. The Balaban J connectivity index is 2.89. The van der Waals surface area contributed by atoms with Crippen molar-refractivity contribution in [3.05, 3.63) is 17.7 Å². The fourth-order valence-corrected chi connectivity index (χ4v) is 1.84. The van der Waals surface area contributed by atoms with E-state index < -0.39 is 18.4 Å². The normalized spacial score (nSPS) is 11.1. The van der Waals surface area contributed by atoms with Crippen LogP contribution in [0.4, 0.5) is 13.2 Å². The number of halogens is 3. The summed E-state index contributed by atoms with van der Waals surface area (Å²) in [4.78, 5) is 11.9. The van der Waals surface area contributed by atoms with E-state index in [1.807, 2.05) is 0 Å². The minimum absolute atomic E-state index is 0.196. The van der Waals surface area contributed by atoms with Crippen LogP contribution in [0.25, 0.3) is 0 Å². The average Bonchev–Trinajstić information content (AvgIpc) is 2.43. The molecule has 118 valence electrons. The van der Waals surface area contributed by atoms with Crippen LogP contribution in [0.2, 0.25) is 0 Å². The van der Waals surface area contributed by atoms with E-state index in [2.05, 4.69) is 0 Å². The van der Waals surface area contributed by atoms with Crippen molar-refractivity contribution >= 4 is 5.78 Å². The summed E-state index contributed by atoms with van der Waals surface area (Å²) in [6.07, 6.45) is -5.68. The summed E-state index contributed by atoms with van der Waals surface area (Å²) in [5.41, 5.74) is 0.228. The van der Waals surface area contributed by atoms with Gasteiger partial charge in [0.25, 0.3) is 0 Å². The number of ketones is 1. The van der Waals surface area contributed by atoms with Crippen LogP contribution in [0.3, 0.4) is 0 Å². The third-order valence-electron chi connectivity index (χ3n) is 2.85. The second-order valence-electron chi connectivity index (χ2n) is 4.31. The molecule has 0 N–H and O–H groups in total. The van der Waals surface area contributed by atoms with Crippen molar-refractivity contribution in [1.29, 1.82) is 0 Å². The number of Topliss-reactive ketones (excluding diaryl/α,β-unsaturated/α-hetero) is 1. The van der Waals surface area contributed by atoms with Gasteiger partial charge in [0.2, 0.25) is 5.75 Å². The second-order valence-corrected chi connectivity index (χ2v) is 4.31. The fourth-order valence-electron chi connectivity index (χ4n) is 1.84. The van der Waals surface area contributed by atoms with Crippen LogP contribution in [0, 0.1) is 0 Å². The third kappa shape index (κ3) is 4.84. The molecular weight excluding hydrogens is 289 g/mol. The molecule has 0 aromatic heterocycles. The third-order valence-corrected chi connectivity index (χ3v) is 2.85. The molecule has 0 atom stereocenters. The maximum Gasteiger partial charge on any atom is 0.389 e. The highest BCUT2D eigenvalue weighted by atomic mass is 19.4. The van der Waals surface area contributed by atoms with Gasteiger partial charge in [-0.1, -0.05) is 0 Å². The molecule has 0 amide bonds. The number of carbonyl (C=O) groups is 1. The van der Waals surface area contributed by atoms with Crippen LogP contribution >= 0.6 is 0 Å². The first-order chi connectivity index (χ1) is 9.82. The SMILES string of the molecule is COc1cc(C(=O)CCCC(F)(F)F)cc(OC)c1OC. The monoisotopic (exact) mass is 306 g/mol. The standard InChI is InChI=1S/C14H17F3O4/c1-19-11-7-9(8-12(20-2)13(11)21-3)10(18)5-4-6-14(15,16)17/h7-8H,4-6H2,1-3H3. The molecule has 1 aromatic rings. The predicted molar refractivity (Wildman–Crippen MR) is 70.3 cm³/mol. The molecule has 0 unspecified atom stereocenters. The molecule has 0 saturated heterocycles. The topological polar surface area (TPSA) is 44.8 Å². The number of benzene rings is 1. The van der Waals surface area contributed by atoms with Gasteiger partial charge in [-0.2, -0.15) is 13.2 Å². The summed E-state index contributed by atoms with van der Waals surface area (Å²) < 4.78 is 51.5. The summed E-state index contributed by atoms with van der Waals surface area (Å²) in [6, 6.07) is 2.86. The summed E-state index contributed by atoms with van der Waals surface area (Å²) in [5.74, 6) is 0.498. The van der Waals surface area contributed by atoms with Gasteiger partial charge in [0, 0.05) is 18.4 Å². The zero-order chi connectivity index (χ0) is 16.0. The maximum atomic E-state index is 12.1. The van der Waals surface area contributed by atoms with Gasteiger partial charge >= 0.3 is 6.18 Å². The van der Waals surface area contributed by atoms with Gasteiger partial charge in [-0.05, 0) is 18.6 Å². The number of hydrogen-bond acceptors (Lipinski definition) is 4. The van der Waals surface area contributed by atoms with E-state index in [0.717, 1.165) is 0 Å². The summed E-state index contributed by atoms with van der Waals surface area (Å²) in [7, 11) is 4.22. The Morgan fingerprint density at radius 3 is 1.95 bits per heavy atom. The van der Waals surface area contributed by atoms with Crippen molar-refractivity contribution in [1.82, 2.24) is 0 Å². The van der Waals surface area contributed by atoms with Crippen molar-refractivity contribution in [3.63, 3.8) is 0 Å².